The quantitative estimate of drug-likeness (QED) is 0.660. The Balaban J connectivity index is 2.58. The summed E-state index contributed by atoms with van der Waals surface area (Å²) in [5, 5.41) is 0. The van der Waals surface area contributed by atoms with Crippen LogP contribution in [0.15, 0.2) is 42.5 Å². The summed E-state index contributed by atoms with van der Waals surface area (Å²) in [5.41, 5.74) is 2.09. The van der Waals surface area contributed by atoms with E-state index in [4.69, 9.17) is 0 Å². The molecule has 0 unspecified atom stereocenters. The molecule has 0 saturated carbocycles. The van der Waals surface area contributed by atoms with Crippen molar-refractivity contribution in [2.75, 3.05) is 0 Å². The Morgan fingerprint density at radius 2 is 1.53 bits per heavy atom. The molecular formula is C13H10F2. The van der Waals surface area contributed by atoms with Crippen LogP contribution in [0.2, 0.25) is 0 Å². The molecule has 0 fully saturated rings. The van der Waals surface area contributed by atoms with Crippen molar-refractivity contribution in [1.82, 2.24) is 0 Å². The van der Waals surface area contributed by atoms with Gasteiger partial charge in [0.25, 0.3) is 0 Å². The molecule has 0 N–H and O–H groups in total. The Labute approximate surface area is 87.2 Å². The fourth-order valence-corrected chi connectivity index (χ4v) is 1.61. The molecule has 76 valence electrons. The zero-order valence-electron chi connectivity index (χ0n) is 8.30. The SMILES string of the molecule is Cc1cccc(F)c1-c1ccc(F)cc1. The van der Waals surface area contributed by atoms with Crippen LogP contribution in [0.3, 0.4) is 0 Å². The van der Waals surface area contributed by atoms with Gasteiger partial charge in [0.05, 0.1) is 0 Å². The molecule has 0 radical (unpaired) electrons. The Hall–Kier alpha value is -1.70. The first-order chi connectivity index (χ1) is 7.18. The molecule has 0 bridgehead atoms. The van der Waals surface area contributed by atoms with Gasteiger partial charge in [-0.15, -0.1) is 0 Å². The van der Waals surface area contributed by atoms with Crippen LogP contribution in [0.4, 0.5) is 8.78 Å². The van der Waals surface area contributed by atoms with Crippen molar-refractivity contribution in [3.63, 3.8) is 0 Å². The second-order valence-electron chi connectivity index (χ2n) is 3.44. The minimum Gasteiger partial charge on any atom is -0.207 e. The van der Waals surface area contributed by atoms with Crippen LogP contribution in [-0.2, 0) is 0 Å². The van der Waals surface area contributed by atoms with Crippen molar-refractivity contribution < 1.29 is 8.78 Å². The zero-order chi connectivity index (χ0) is 10.8. The highest BCUT2D eigenvalue weighted by Gasteiger charge is 2.07. The highest BCUT2D eigenvalue weighted by atomic mass is 19.1. The molecule has 0 heterocycles. The number of aryl methyl sites for hydroxylation is 1. The molecule has 2 rings (SSSR count). The van der Waals surface area contributed by atoms with Crippen molar-refractivity contribution in [3.8, 4) is 11.1 Å². The average Bonchev–Trinajstić information content (AvgIpc) is 2.20. The van der Waals surface area contributed by atoms with E-state index < -0.39 is 0 Å². The van der Waals surface area contributed by atoms with E-state index in [1.165, 1.54) is 18.2 Å². The summed E-state index contributed by atoms with van der Waals surface area (Å²) in [4.78, 5) is 0. The van der Waals surface area contributed by atoms with Crippen LogP contribution in [0.25, 0.3) is 11.1 Å². The summed E-state index contributed by atoms with van der Waals surface area (Å²) >= 11 is 0. The standard InChI is InChI=1S/C13H10F2/c1-9-3-2-4-12(15)13(9)10-5-7-11(14)8-6-10/h2-8H,1H3. The summed E-state index contributed by atoms with van der Waals surface area (Å²) in [6, 6.07) is 10.7. The Bertz CT molecular complexity index is 452. The van der Waals surface area contributed by atoms with Crippen molar-refractivity contribution in [1.29, 1.82) is 0 Å². The fraction of sp³-hybridized carbons (Fsp3) is 0.0769. The number of rotatable bonds is 1. The normalized spacial score (nSPS) is 10.3. The van der Waals surface area contributed by atoms with Crippen molar-refractivity contribution >= 4 is 0 Å². The number of hydrogen-bond donors (Lipinski definition) is 0. The molecule has 15 heavy (non-hydrogen) atoms. The fourth-order valence-electron chi connectivity index (χ4n) is 1.61. The van der Waals surface area contributed by atoms with E-state index in [0.29, 0.717) is 11.1 Å². The maximum atomic E-state index is 13.5. The second-order valence-corrected chi connectivity index (χ2v) is 3.44. The molecule has 0 saturated heterocycles. The van der Waals surface area contributed by atoms with Gasteiger partial charge in [0.15, 0.2) is 0 Å². The van der Waals surface area contributed by atoms with Gasteiger partial charge in [-0.2, -0.15) is 0 Å². The number of halogens is 2. The minimum absolute atomic E-state index is 0.276. The van der Waals surface area contributed by atoms with E-state index in [-0.39, 0.29) is 11.6 Å². The molecule has 0 aliphatic rings. The molecule has 0 aromatic heterocycles. The predicted octanol–water partition coefficient (Wildman–Crippen LogP) is 3.94. The van der Waals surface area contributed by atoms with E-state index in [0.717, 1.165) is 5.56 Å². The second kappa shape index (κ2) is 3.81. The topological polar surface area (TPSA) is 0 Å². The smallest absolute Gasteiger partial charge is 0.131 e. The molecule has 0 aliphatic heterocycles. The first-order valence-corrected chi connectivity index (χ1v) is 4.69. The van der Waals surface area contributed by atoms with Gasteiger partial charge in [0, 0.05) is 5.56 Å². The van der Waals surface area contributed by atoms with Crippen molar-refractivity contribution in [2.45, 2.75) is 6.92 Å². The number of hydrogen-bond acceptors (Lipinski definition) is 0. The molecule has 0 aliphatic carbocycles. The van der Waals surface area contributed by atoms with Crippen LogP contribution < -0.4 is 0 Å². The highest BCUT2D eigenvalue weighted by molar-refractivity contribution is 5.67. The Morgan fingerprint density at radius 1 is 0.867 bits per heavy atom. The molecule has 2 aromatic rings. The lowest BCUT2D eigenvalue weighted by atomic mass is 10.0. The maximum absolute atomic E-state index is 13.5. The van der Waals surface area contributed by atoms with Crippen molar-refractivity contribution in [3.05, 3.63) is 59.7 Å². The lowest BCUT2D eigenvalue weighted by molar-refractivity contribution is 0.625. The molecule has 0 atom stereocenters. The van der Waals surface area contributed by atoms with Gasteiger partial charge in [-0.3, -0.25) is 0 Å². The van der Waals surface area contributed by atoms with Gasteiger partial charge in [0.2, 0.25) is 0 Å². The third-order valence-corrected chi connectivity index (χ3v) is 2.35. The van der Waals surface area contributed by atoms with E-state index >= 15 is 0 Å². The average molecular weight is 204 g/mol. The van der Waals surface area contributed by atoms with Crippen molar-refractivity contribution in [2.24, 2.45) is 0 Å². The van der Waals surface area contributed by atoms with E-state index in [9.17, 15) is 8.78 Å². The highest BCUT2D eigenvalue weighted by Crippen LogP contribution is 2.26. The van der Waals surface area contributed by atoms with Gasteiger partial charge in [0.1, 0.15) is 11.6 Å². The van der Waals surface area contributed by atoms with Crippen LogP contribution >= 0.6 is 0 Å². The summed E-state index contributed by atoms with van der Waals surface area (Å²) in [6.07, 6.45) is 0. The lowest BCUT2D eigenvalue weighted by Gasteiger charge is -2.06. The van der Waals surface area contributed by atoms with Crippen LogP contribution in [0, 0.1) is 18.6 Å². The lowest BCUT2D eigenvalue weighted by Crippen LogP contribution is -1.88. The third-order valence-electron chi connectivity index (χ3n) is 2.35. The molecule has 0 amide bonds. The third kappa shape index (κ3) is 1.89. The monoisotopic (exact) mass is 204 g/mol. The van der Waals surface area contributed by atoms with Gasteiger partial charge >= 0.3 is 0 Å². The minimum atomic E-state index is -0.312. The first-order valence-electron chi connectivity index (χ1n) is 4.69. The van der Waals surface area contributed by atoms with Gasteiger partial charge < -0.3 is 0 Å². The number of benzene rings is 2. The molecule has 2 aromatic carbocycles. The van der Waals surface area contributed by atoms with Crippen LogP contribution in [-0.4, -0.2) is 0 Å². The zero-order valence-corrected chi connectivity index (χ0v) is 8.30. The van der Waals surface area contributed by atoms with Crippen LogP contribution in [0.5, 0.6) is 0 Å². The molecule has 2 heteroatoms. The summed E-state index contributed by atoms with van der Waals surface area (Å²) < 4.78 is 26.3. The maximum Gasteiger partial charge on any atom is 0.131 e. The van der Waals surface area contributed by atoms with Gasteiger partial charge in [-0.25, -0.2) is 8.78 Å². The summed E-state index contributed by atoms with van der Waals surface area (Å²) in [5.74, 6) is -0.589. The van der Waals surface area contributed by atoms with Crippen LogP contribution in [0.1, 0.15) is 5.56 Å². The summed E-state index contributed by atoms with van der Waals surface area (Å²) in [6.45, 7) is 1.84. The van der Waals surface area contributed by atoms with E-state index in [2.05, 4.69) is 0 Å². The van der Waals surface area contributed by atoms with Gasteiger partial charge in [-0.05, 0) is 36.2 Å². The predicted molar refractivity (Wildman–Crippen MR) is 56.5 cm³/mol. The molecule has 0 spiro atoms. The van der Waals surface area contributed by atoms with E-state index in [1.54, 1.807) is 18.2 Å². The van der Waals surface area contributed by atoms with Gasteiger partial charge in [-0.1, -0.05) is 24.3 Å². The summed E-state index contributed by atoms with van der Waals surface area (Å²) in [7, 11) is 0. The molecular weight excluding hydrogens is 194 g/mol. The molecule has 0 nitrogen and oxygen atoms in total. The Kier molecular flexibility index (Phi) is 2.50. The first kappa shape index (κ1) is 9.84. The largest absolute Gasteiger partial charge is 0.207 e. The van der Waals surface area contributed by atoms with E-state index in [1.807, 2.05) is 13.0 Å². The Morgan fingerprint density at radius 3 is 2.13 bits per heavy atom.